The molecule has 0 saturated carbocycles. The number of hydrogen-bond acceptors (Lipinski definition) is 2. The first kappa shape index (κ1) is 17.6. The van der Waals surface area contributed by atoms with Crippen molar-refractivity contribution in [2.24, 2.45) is 0 Å². The highest BCUT2D eigenvalue weighted by atomic mass is 35.5. The van der Waals surface area contributed by atoms with Crippen molar-refractivity contribution in [3.8, 4) is 5.75 Å². The molecule has 0 unspecified atom stereocenters. The Kier molecular flexibility index (Phi) is 6.81. The normalized spacial score (nSPS) is 11.3. The molecule has 0 aliphatic rings. The van der Waals surface area contributed by atoms with E-state index < -0.39 is 6.36 Å². The molecule has 21 heavy (non-hydrogen) atoms. The fourth-order valence-electron chi connectivity index (χ4n) is 1.74. The highest BCUT2D eigenvalue weighted by Gasteiger charge is 2.31. The lowest BCUT2D eigenvalue weighted by Gasteiger charge is -2.17. The van der Waals surface area contributed by atoms with Crippen molar-refractivity contribution in [3.63, 3.8) is 0 Å². The van der Waals surface area contributed by atoms with Gasteiger partial charge in [-0.05, 0) is 37.1 Å². The molecule has 0 aliphatic heterocycles. The third-order valence-electron chi connectivity index (χ3n) is 2.81. The number of alkyl halides is 4. The molecule has 0 fully saturated rings. The van der Waals surface area contributed by atoms with E-state index in [-0.39, 0.29) is 11.7 Å². The molecule has 0 atom stereocenters. The number of carbonyl (C=O) groups is 1. The monoisotopic (exact) mass is 323 g/mol. The van der Waals surface area contributed by atoms with Crippen LogP contribution in [0, 0.1) is 0 Å². The van der Waals surface area contributed by atoms with Gasteiger partial charge in [-0.1, -0.05) is 6.42 Å². The van der Waals surface area contributed by atoms with E-state index in [2.05, 4.69) is 4.74 Å². The minimum absolute atomic E-state index is 0.237. The van der Waals surface area contributed by atoms with Crippen LogP contribution in [0.2, 0.25) is 0 Å². The first-order valence-corrected chi connectivity index (χ1v) is 7.04. The summed E-state index contributed by atoms with van der Waals surface area (Å²) in [6.45, 7) is 0.580. The Morgan fingerprint density at radius 1 is 1.19 bits per heavy atom. The lowest BCUT2D eigenvalue weighted by molar-refractivity contribution is -0.274. The average molecular weight is 324 g/mol. The fourth-order valence-corrected chi connectivity index (χ4v) is 1.93. The Balaban J connectivity index is 2.54. The van der Waals surface area contributed by atoms with Gasteiger partial charge in [0.05, 0.1) is 0 Å². The summed E-state index contributed by atoms with van der Waals surface area (Å²) in [6.07, 6.45) is -2.07. The number of amides is 1. The average Bonchev–Trinajstić information content (AvgIpc) is 2.41. The Labute approximate surface area is 126 Å². The number of unbranched alkanes of at least 4 members (excludes halogenated alkanes) is 2. The Bertz CT molecular complexity index is 449. The van der Waals surface area contributed by atoms with Gasteiger partial charge in [0, 0.05) is 25.0 Å². The van der Waals surface area contributed by atoms with Gasteiger partial charge >= 0.3 is 6.36 Å². The van der Waals surface area contributed by atoms with Crippen LogP contribution in [0.1, 0.15) is 29.6 Å². The fraction of sp³-hybridized carbons (Fsp3) is 0.500. The number of rotatable bonds is 7. The maximum Gasteiger partial charge on any atom is 0.573 e. The third kappa shape index (κ3) is 6.71. The first-order valence-electron chi connectivity index (χ1n) is 6.50. The molecule has 1 aromatic carbocycles. The van der Waals surface area contributed by atoms with Gasteiger partial charge in [-0.25, -0.2) is 0 Å². The minimum atomic E-state index is -4.73. The third-order valence-corrected chi connectivity index (χ3v) is 3.08. The lowest BCUT2D eigenvalue weighted by atomic mass is 10.2. The molecule has 0 N–H and O–H groups in total. The summed E-state index contributed by atoms with van der Waals surface area (Å²) in [5.74, 6) is 0.0152. The van der Waals surface area contributed by atoms with Gasteiger partial charge in [0.25, 0.3) is 5.91 Å². The van der Waals surface area contributed by atoms with Crippen LogP contribution in [0.3, 0.4) is 0 Å². The van der Waals surface area contributed by atoms with Gasteiger partial charge in [-0.3, -0.25) is 4.79 Å². The van der Waals surface area contributed by atoms with E-state index in [1.807, 2.05) is 0 Å². The second-order valence-electron chi connectivity index (χ2n) is 4.55. The summed E-state index contributed by atoms with van der Waals surface area (Å²) in [5, 5.41) is 0. The quantitative estimate of drug-likeness (QED) is 0.559. The number of nitrogens with zero attached hydrogens (tertiary/aromatic N) is 1. The number of carbonyl (C=O) groups excluding carboxylic acids is 1. The number of ether oxygens (including phenoxy) is 1. The molecule has 1 rings (SSSR count). The number of halogens is 4. The molecule has 3 nitrogen and oxygen atoms in total. The Hall–Kier alpha value is -1.43. The summed E-state index contributed by atoms with van der Waals surface area (Å²) < 4.78 is 39.8. The molecule has 0 radical (unpaired) electrons. The van der Waals surface area contributed by atoms with Crippen molar-refractivity contribution < 1.29 is 22.7 Å². The Morgan fingerprint density at radius 2 is 1.81 bits per heavy atom. The van der Waals surface area contributed by atoms with Gasteiger partial charge in [0.2, 0.25) is 0 Å². The van der Waals surface area contributed by atoms with Gasteiger partial charge in [0.1, 0.15) is 5.75 Å². The van der Waals surface area contributed by atoms with Crippen molar-refractivity contribution in [2.75, 3.05) is 19.5 Å². The number of benzene rings is 1. The van der Waals surface area contributed by atoms with E-state index in [0.717, 1.165) is 31.4 Å². The summed E-state index contributed by atoms with van der Waals surface area (Å²) in [5.41, 5.74) is 0.323. The highest BCUT2D eigenvalue weighted by Crippen LogP contribution is 2.23. The van der Waals surface area contributed by atoms with E-state index in [9.17, 15) is 18.0 Å². The van der Waals surface area contributed by atoms with Crippen molar-refractivity contribution in [1.82, 2.24) is 4.90 Å². The summed E-state index contributed by atoms with van der Waals surface area (Å²) in [4.78, 5) is 13.6. The maximum atomic E-state index is 12.0. The van der Waals surface area contributed by atoms with E-state index in [1.54, 1.807) is 7.05 Å². The second kappa shape index (κ2) is 8.12. The zero-order valence-electron chi connectivity index (χ0n) is 11.6. The smallest absolute Gasteiger partial charge is 0.406 e. The zero-order chi connectivity index (χ0) is 15.9. The van der Waals surface area contributed by atoms with Crippen molar-refractivity contribution >= 4 is 17.5 Å². The zero-order valence-corrected chi connectivity index (χ0v) is 12.4. The molecule has 1 amide bonds. The predicted octanol–water partition coefficient (Wildman–Crippen LogP) is 4.07. The summed E-state index contributed by atoms with van der Waals surface area (Å²) in [6, 6.07) is 4.89. The molecule has 0 aromatic heterocycles. The molecule has 118 valence electrons. The maximum absolute atomic E-state index is 12.0. The molecule has 0 bridgehead atoms. The van der Waals surface area contributed by atoms with Crippen molar-refractivity contribution in [2.45, 2.75) is 25.6 Å². The largest absolute Gasteiger partial charge is 0.573 e. The van der Waals surface area contributed by atoms with Crippen LogP contribution in [0.5, 0.6) is 5.75 Å². The number of hydrogen-bond donors (Lipinski definition) is 0. The topological polar surface area (TPSA) is 29.5 Å². The molecule has 0 aliphatic carbocycles. The minimum Gasteiger partial charge on any atom is -0.406 e. The standard InChI is InChI=1S/C14H17ClF3NO2/c1-19(10-4-2-3-9-15)13(20)11-5-7-12(8-6-11)21-14(16,17)18/h5-8H,2-4,9-10H2,1H3. The molecule has 7 heteroatoms. The van der Waals surface area contributed by atoms with E-state index in [1.165, 1.54) is 17.0 Å². The molecule has 0 heterocycles. The van der Waals surface area contributed by atoms with E-state index in [0.29, 0.717) is 18.0 Å². The van der Waals surface area contributed by atoms with Crippen LogP contribution in [-0.2, 0) is 0 Å². The van der Waals surface area contributed by atoms with Crippen LogP contribution in [0.25, 0.3) is 0 Å². The highest BCUT2D eigenvalue weighted by molar-refractivity contribution is 6.17. The molecular formula is C14H17ClF3NO2. The van der Waals surface area contributed by atoms with Gasteiger partial charge in [0.15, 0.2) is 0 Å². The summed E-state index contributed by atoms with van der Waals surface area (Å²) >= 11 is 5.56. The van der Waals surface area contributed by atoms with Crippen molar-refractivity contribution in [1.29, 1.82) is 0 Å². The van der Waals surface area contributed by atoms with Crippen LogP contribution in [0.4, 0.5) is 13.2 Å². The molecule has 1 aromatic rings. The summed E-state index contributed by atoms with van der Waals surface area (Å²) in [7, 11) is 1.66. The van der Waals surface area contributed by atoms with E-state index >= 15 is 0 Å². The molecule has 0 spiro atoms. The van der Waals surface area contributed by atoms with Crippen molar-refractivity contribution in [3.05, 3.63) is 29.8 Å². The van der Waals surface area contributed by atoms with Crippen LogP contribution in [-0.4, -0.2) is 36.6 Å². The van der Waals surface area contributed by atoms with Crippen LogP contribution < -0.4 is 4.74 Å². The van der Waals surface area contributed by atoms with Gasteiger partial charge in [-0.15, -0.1) is 24.8 Å². The Morgan fingerprint density at radius 3 is 2.33 bits per heavy atom. The molecule has 0 saturated heterocycles. The molecular weight excluding hydrogens is 307 g/mol. The lowest BCUT2D eigenvalue weighted by Crippen LogP contribution is -2.27. The van der Waals surface area contributed by atoms with Crippen LogP contribution in [0.15, 0.2) is 24.3 Å². The second-order valence-corrected chi connectivity index (χ2v) is 4.93. The van der Waals surface area contributed by atoms with Gasteiger partial charge in [-0.2, -0.15) is 0 Å². The SMILES string of the molecule is CN(CCCCCCl)C(=O)c1ccc(OC(F)(F)F)cc1. The predicted molar refractivity (Wildman–Crippen MR) is 74.7 cm³/mol. The van der Waals surface area contributed by atoms with E-state index in [4.69, 9.17) is 11.6 Å². The van der Waals surface area contributed by atoms with Gasteiger partial charge < -0.3 is 9.64 Å². The first-order chi connectivity index (χ1) is 9.83. The van der Waals surface area contributed by atoms with Crippen LogP contribution >= 0.6 is 11.6 Å².